The Morgan fingerprint density at radius 2 is 1.75 bits per heavy atom. The molecule has 1 aliphatic carbocycles. The van der Waals surface area contributed by atoms with Gasteiger partial charge in [0.25, 0.3) is 0 Å². The van der Waals surface area contributed by atoms with E-state index in [1.54, 1.807) is 0 Å². The van der Waals surface area contributed by atoms with Gasteiger partial charge in [0.15, 0.2) is 0 Å². The Hall–Kier alpha value is -1.01. The van der Waals surface area contributed by atoms with Gasteiger partial charge in [-0.15, -0.1) is 0 Å². The number of sulfonamides is 1. The first kappa shape index (κ1) is 15.4. The molecule has 1 aliphatic rings. The molecule has 0 atom stereocenters. The van der Waals surface area contributed by atoms with E-state index in [1.807, 2.05) is 0 Å². The first-order valence-electron chi connectivity index (χ1n) is 6.75. The van der Waals surface area contributed by atoms with Crippen molar-refractivity contribution in [3.05, 3.63) is 29.8 Å². The van der Waals surface area contributed by atoms with E-state index in [2.05, 4.69) is 6.92 Å². The molecule has 0 unspecified atom stereocenters. The van der Waals surface area contributed by atoms with Crippen molar-refractivity contribution < 1.29 is 17.2 Å². The van der Waals surface area contributed by atoms with E-state index in [1.165, 1.54) is 11.4 Å². The molecule has 6 heteroatoms. The third-order valence-corrected chi connectivity index (χ3v) is 5.97. The lowest BCUT2D eigenvalue weighted by Crippen LogP contribution is -2.39. The Balaban J connectivity index is 2.27. The first-order chi connectivity index (χ1) is 9.32. The maximum atomic E-state index is 13.7. The maximum Gasteiger partial charge on any atom is 0.246 e. The van der Waals surface area contributed by atoms with E-state index in [4.69, 9.17) is 0 Å². The van der Waals surface area contributed by atoms with Gasteiger partial charge in [0.1, 0.15) is 16.5 Å². The van der Waals surface area contributed by atoms with E-state index in [0.717, 1.165) is 43.9 Å². The minimum Gasteiger partial charge on any atom is -0.207 e. The lowest BCUT2D eigenvalue weighted by molar-refractivity contribution is 0.245. The van der Waals surface area contributed by atoms with Crippen LogP contribution in [0.2, 0.25) is 0 Å². The van der Waals surface area contributed by atoms with Crippen LogP contribution < -0.4 is 0 Å². The standard InChI is InChI=1S/C14H19F2NO2S/c1-10-3-6-12(7-4-10)17(2)20(18,19)14-9-11(15)5-8-13(14)16/h5,8-10,12H,3-4,6-7H2,1-2H3. The molecule has 0 saturated heterocycles. The number of hydrogen-bond acceptors (Lipinski definition) is 2. The van der Waals surface area contributed by atoms with Gasteiger partial charge in [-0.25, -0.2) is 17.2 Å². The van der Waals surface area contributed by atoms with Crippen LogP contribution in [0.5, 0.6) is 0 Å². The lowest BCUT2D eigenvalue weighted by atomic mass is 9.87. The number of halogens is 2. The van der Waals surface area contributed by atoms with Crippen molar-refractivity contribution in [1.29, 1.82) is 0 Å². The minimum absolute atomic E-state index is 0.140. The highest BCUT2D eigenvalue weighted by atomic mass is 32.2. The van der Waals surface area contributed by atoms with E-state index < -0.39 is 26.6 Å². The fourth-order valence-corrected chi connectivity index (χ4v) is 4.12. The predicted molar refractivity (Wildman–Crippen MR) is 72.7 cm³/mol. The summed E-state index contributed by atoms with van der Waals surface area (Å²) in [6.07, 6.45) is 3.42. The molecule has 0 aliphatic heterocycles. The second-order valence-corrected chi connectivity index (χ2v) is 7.48. The molecule has 112 valence electrons. The van der Waals surface area contributed by atoms with Crippen molar-refractivity contribution >= 4 is 10.0 Å². The van der Waals surface area contributed by atoms with Crippen LogP contribution in [0.15, 0.2) is 23.1 Å². The van der Waals surface area contributed by atoms with Crippen LogP contribution in [-0.4, -0.2) is 25.8 Å². The molecule has 0 N–H and O–H groups in total. The summed E-state index contributed by atoms with van der Waals surface area (Å²) in [5, 5.41) is 0. The second-order valence-electron chi connectivity index (χ2n) is 5.51. The summed E-state index contributed by atoms with van der Waals surface area (Å²) in [6, 6.07) is 2.36. The van der Waals surface area contributed by atoms with Crippen LogP contribution in [0.4, 0.5) is 8.78 Å². The highest BCUT2D eigenvalue weighted by Gasteiger charge is 2.32. The molecule has 0 radical (unpaired) electrons. The number of hydrogen-bond donors (Lipinski definition) is 0. The summed E-state index contributed by atoms with van der Waals surface area (Å²) in [7, 11) is -2.55. The van der Waals surface area contributed by atoms with Gasteiger partial charge >= 0.3 is 0 Å². The lowest BCUT2D eigenvalue weighted by Gasteiger charge is -2.32. The summed E-state index contributed by atoms with van der Waals surface area (Å²) in [5.41, 5.74) is 0. The Morgan fingerprint density at radius 1 is 1.15 bits per heavy atom. The van der Waals surface area contributed by atoms with Gasteiger partial charge in [0.05, 0.1) is 0 Å². The molecule has 2 rings (SSSR count). The van der Waals surface area contributed by atoms with Gasteiger partial charge in [0, 0.05) is 13.1 Å². The summed E-state index contributed by atoms with van der Waals surface area (Å²) >= 11 is 0. The van der Waals surface area contributed by atoms with Crippen LogP contribution in [0.3, 0.4) is 0 Å². The van der Waals surface area contributed by atoms with Gasteiger partial charge in [0.2, 0.25) is 10.0 Å². The highest BCUT2D eigenvalue weighted by molar-refractivity contribution is 7.89. The quantitative estimate of drug-likeness (QED) is 0.860. The van der Waals surface area contributed by atoms with Gasteiger partial charge < -0.3 is 0 Å². The van der Waals surface area contributed by atoms with Crippen molar-refractivity contribution in [1.82, 2.24) is 4.31 Å². The largest absolute Gasteiger partial charge is 0.246 e. The molecule has 0 aromatic heterocycles. The fraction of sp³-hybridized carbons (Fsp3) is 0.571. The zero-order valence-electron chi connectivity index (χ0n) is 11.6. The average molecular weight is 303 g/mol. The van der Waals surface area contributed by atoms with Gasteiger partial charge in [-0.05, 0) is 49.8 Å². The number of rotatable bonds is 3. The molecule has 3 nitrogen and oxygen atoms in total. The number of nitrogens with zero attached hydrogens (tertiary/aromatic N) is 1. The molecular formula is C14H19F2NO2S. The Morgan fingerprint density at radius 3 is 2.35 bits per heavy atom. The van der Waals surface area contributed by atoms with E-state index in [-0.39, 0.29) is 6.04 Å². The van der Waals surface area contributed by atoms with Gasteiger partial charge in [-0.3, -0.25) is 0 Å². The smallest absolute Gasteiger partial charge is 0.207 e. The van der Waals surface area contributed by atoms with E-state index in [9.17, 15) is 17.2 Å². The van der Waals surface area contributed by atoms with Gasteiger partial charge in [-0.1, -0.05) is 6.92 Å². The molecule has 0 bridgehead atoms. The summed E-state index contributed by atoms with van der Waals surface area (Å²) in [5.74, 6) is -1.08. The fourth-order valence-electron chi connectivity index (χ4n) is 2.63. The Bertz CT molecular complexity index is 581. The molecule has 1 saturated carbocycles. The van der Waals surface area contributed by atoms with Crippen molar-refractivity contribution in [3.63, 3.8) is 0 Å². The van der Waals surface area contributed by atoms with Crippen molar-refractivity contribution in [2.45, 2.75) is 43.5 Å². The summed E-state index contributed by atoms with van der Waals surface area (Å²) in [6.45, 7) is 2.14. The SMILES string of the molecule is CC1CCC(N(C)S(=O)(=O)c2cc(F)ccc2F)CC1. The van der Waals surface area contributed by atoms with Crippen LogP contribution in [0.1, 0.15) is 32.6 Å². The molecule has 0 spiro atoms. The van der Waals surface area contributed by atoms with E-state index in [0.29, 0.717) is 5.92 Å². The summed E-state index contributed by atoms with van der Waals surface area (Å²) < 4.78 is 52.9. The molecule has 20 heavy (non-hydrogen) atoms. The van der Waals surface area contributed by atoms with E-state index >= 15 is 0 Å². The summed E-state index contributed by atoms with van der Waals surface area (Å²) in [4.78, 5) is -0.585. The third-order valence-electron chi connectivity index (χ3n) is 4.05. The van der Waals surface area contributed by atoms with Gasteiger partial charge in [-0.2, -0.15) is 4.31 Å². The van der Waals surface area contributed by atoms with Crippen LogP contribution in [0, 0.1) is 17.6 Å². The molecular weight excluding hydrogens is 284 g/mol. The average Bonchev–Trinajstić information content (AvgIpc) is 2.41. The molecule has 1 aromatic carbocycles. The first-order valence-corrected chi connectivity index (χ1v) is 8.19. The molecule has 1 aromatic rings. The Kier molecular flexibility index (Phi) is 4.44. The number of benzene rings is 1. The maximum absolute atomic E-state index is 13.7. The molecule has 0 amide bonds. The normalized spacial score (nSPS) is 24.1. The predicted octanol–water partition coefficient (Wildman–Crippen LogP) is 3.16. The topological polar surface area (TPSA) is 37.4 Å². The molecule has 1 fully saturated rings. The van der Waals surface area contributed by atoms with Crippen molar-refractivity contribution in [2.24, 2.45) is 5.92 Å². The zero-order chi connectivity index (χ0) is 14.9. The molecule has 0 heterocycles. The van der Waals surface area contributed by atoms with Crippen LogP contribution in [0.25, 0.3) is 0 Å². The van der Waals surface area contributed by atoms with Crippen LogP contribution in [-0.2, 0) is 10.0 Å². The third kappa shape index (κ3) is 3.01. The van der Waals surface area contributed by atoms with Crippen LogP contribution >= 0.6 is 0 Å². The zero-order valence-corrected chi connectivity index (χ0v) is 12.5. The highest BCUT2D eigenvalue weighted by Crippen LogP contribution is 2.30. The Labute approximate surface area is 118 Å². The van der Waals surface area contributed by atoms with Crippen molar-refractivity contribution in [2.75, 3.05) is 7.05 Å². The monoisotopic (exact) mass is 303 g/mol. The minimum atomic E-state index is -3.99. The van der Waals surface area contributed by atoms with Crippen molar-refractivity contribution in [3.8, 4) is 0 Å². The second kappa shape index (κ2) is 5.77.